The summed E-state index contributed by atoms with van der Waals surface area (Å²) in [5, 5.41) is 2.61. The number of carbonyl (C=O) groups excluding carboxylic acids is 2. The number of rotatable bonds is 9. The van der Waals surface area contributed by atoms with Crippen LogP contribution in [0.1, 0.15) is 24.5 Å². The third-order valence-electron chi connectivity index (χ3n) is 3.64. The van der Waals surface area contributed by atoms with Crippen molar-refractivity contribution in [2.24, 2.45) is 0 Å². The van der Waals surface area contributed by atoms with E-state index in [0.717, 1.165) is 16.9 Å². The highest BCUT2D eigenvalue weighted by molar-refractivity contribution is 5.80. The van der Waals surface area contributed by atoms with E-state index in [1.807, 2.05) is 31.2 Å². The number of carbonyl (C=O) groups is 2. The zero-order valence-corrected chi connectivity index (χ0v) is 14.7. The number of nitrogens with one attached hydrogen (secondary N) is 1. The average Bonchev–Trinajstić information content (AvgIpc) is 2.65. The molecule has 0 fully saturated rings. The first-order chi connectivity index (χ1) is 12.6. The van der Waals surface area contributed by atoms with Gasteiger partial charge in [0.05, 0.1) is 6.61 Å². The van der Waals surface area contributed by atoms with Crippen molar-refractivity contribution in [2.75, 3.05) is 13.2 Å². The lowest BCUT2D eigenvalue weighted by molar-refractivity contribution is -0.148. The monoisotopic (exact) mass is 359 g/mol. The molecule has 0 saturated heterocycles. The van der Waals surface area contributed by atoms with Crippen LogP contribution in [0.5, 0.6) is 5.75 Å². The summed E-state index contributed by atoms with van der Waals surface area (Å²) in [5.41, 5.74) is 1.69. The Balaban J connectivity index is 1.69. The second-order valence-corrected chi connectivity index (χ2v) is 5.60. The highest BCUT2D eigenvalue weighted by Crippen LogP contribution is 2.19. The molecule has 1 amide bonds. The van der Waals surface area contributed by atoms with Crippen LogP contribution in [0.3, 0.4) is 0 Å². The molecule has 0 heterocycles. The molecule has 6 heteroatoms. The van der Waals surface area contributed by atoms with Gasteiger partial charge in [-0.15, -0.1) is 0 Å². The largest absolute Gasteiger partial charge is 0.494 e. The molecular formula is C20H22FNO4. The van der Waals surface area contributed by atoms with Gasteiger partial charge in [0.15, 0.2) is 6.61 Å². The molecule has 0 aromatic heterocycles. The van der Waals surface area contributed by atoms with E-state index in [-0.39, 0.29) is 25.4 Å². The van der Waals surface area contributed by atoms with Crippen LogP contribution in [0, 0.1) is 5.82 Å². The van der Waals surface area contributed by atoms with E-state index < -0.39 is 11.9 Å². The van der Waals surface area contributed by atoms with E-state index in [1.54, 1.807) is 12.1 Å². The van der Waals surface area contributed by atoms with E-state index in [4.69, 9.17) is 9.47 Å². The normalized spacial score (nSPS) is 10.2. The molecule has 0 aliphatic heterocycles. The van der Waals surface area contributed by atoms with Crippen LogP contribution in [0.2, 0.25) is 0 Å². The number of halogens is 1. The number of ether oxygens (including phenoxy) is 2. The summed E-state index contributed by atoms with van der Waals surface area (Å²) >= 11 is 0. The summed E-state index contributed by atoms with van der Waals surface area (Å²) in [5.74, 6) is -0.439. The molecule has 0 atom stereocenters. The van der Waals surface area contributed by atoms with Gasteiger partial charge in [-0.3, -0.25) is 9.59 Å². The quantitative estimate of drug-likeness (QED) is 0.699. The Morgan fingerprint density at radius 2 is 1.81 bits per heavy atom. The number of amides is 1. The SMILES string of the molecule is CCOc1ccccc1CCC(=O)OCC(=O)NCc1ccc(F)cc1. The Morgan fingerprint density at radius 1 is 1.08 bits per heavy atom. The second kappa shape index (κ2) is 10.2. The summed E-state index contributed by atoms with van der Waals surface area (Å²) in [6, 6.07) is 13.3. The lowest BCUT2D eigenvalue weighted by Crippen LogP contribution is -2.28. The van der Waals surface area contributed by atoms with E-state index in [0.29, 0.717) is 13.0 Å². The van der Waals surface area contributed by atoms with Crippen molar-refractivity contribution < 1.29 is 23.5 Å². The molecule has 0 bridgehead atoms. The molecule has 0 aliphatic carbocycles. The molecule has 0 radical (unpaired) electrons. The fraction of sp³-hybridized carbons (Fsp3) is 0.300. The van der Waals surface area contributed by atoms with Gasteiger partial charge in [-0.25, -0.2) is 4.39 Å². The fourth-order valence-corrected chi connectivity index (χ4v) is 2.32. The zero-order valence-electron chi connectivity index (χ0n) is 14.7. The maximum atomic E-state index is 12.8. The van der Waals surface area contributed by atoms with Crippen LogP contribution in [0.25, 0.3) is 0 Å². The van der Waals surface area contributed by atoms with Gasteiger partial charge in [-0.2, -0.15) is 0 Å². The Hall–Kier alpha value is -2.89. The number of hydrogen-bond donors (Lipinski definition) is 1. The van der Waals surface area contributed by atoms with Crippen LogP contribution in [0.4, 0.5) is 4.39 Å². The zero-order chi connectivity index (χ0) is 18.8. The number of hydrogen-bond acceptors (Lipinski definition) is 4. The highest BCUT2D eigenvalue weighted by atomic mass is 19.1. The van der Waals surface area contributed by atoms with Gasteiger partial charge >= 0.3 is 5.97 Å². The van der Waals surface area contributed by atoms with Crippen molar-refractivity contribution in [1.29, 1.82) is 0 Å². The van der Waals surface area contributed by atoms with Crippen LogP contribution in [-0.2, 0) is 27.3 Å². The second-order valence-electron chi connectivity index (χ2n) is 5.60. The van der Waals surface area contributed by atoms with Crippen LogP contribution < -0.4 is 10.1 Å². The van der Waals surface area contributed by atoms with E-state index >= 15 is 0 Å². The predicted molar refractivity (Wildman–Crippen MR) is 95.1 cm³/mol. The maximum absolute atomic E-state index is 12.8. The van der Waals surface area contributed by atoms with Gasteiger partial charge in [-0.05, 0) is 42.7 Å². The number of para-hydroxylation sites is 1. The van der Waals surface area contributed by atoms with Crippen molar-refractivity contribution in [3.63, 3.8) is 0 Å². The standard InChI is InChI=1S/C20H22FNO4/c1-2-25-18-6-4-3-5-16(18)9-12-20(24)26-14-19(23)22-13-15-7-10-17(21)11-8-15/h3-8,10-11H,2,9,12-14H2,1H3,(H,22,23). The molecule has 0 aliphatic rings. The van der Waals surface area contributed by atoms with Crippen LogP contribution in [0.15, 0.2) is 48.5 Å². The number of esters is 1. The lowest BCUT2D eigenvalue weighted by Gasteiger charge is -2.10. The molecular weight excluding hydrogens is 337 g/mol. The Morgan fingerprint density at radius 3 is 2.54 bits per heavy atom. The molecule has 2 aromatic carbocycles. The minimum Gasteiger partial charge on any atom is -0.494 e. The molecule has 1 N–H and O–H groups in total. The molecule has 5 nitrogen and oxygen atoms in total. The Kier molecular flexibility index (Phi) is 7.61. The summed E-state index contributed by atoms with van der Waals surface area (Å²) < 4.78 is 23.3. The molecule has 2 aromatic rings. The third-order valence-corrected chi connectivity index (χ3v) is 3.64. The molecule has 0 spiro atoms. The summed E-state index contributed by atoms with van der Waals surface area (Å²) in [6.07, 6.45) is 0.640. The summed E-state index contributed by atoms with van der Waals surface area (Å²) in [6.45, 7) is 2.36. The maximum Gasteiger partial charge on any atom is 0.306 e. The van der Waals surface area contributed by atoms with Gasteiger partial charge in [-0.1, -0.05) is 30.3 Å². The third kappa shape index (κ3) is 6.55. The van der Waals surface area contributed by atoms with Crippen molar-refractivity contribution in [3.8, 4) is 5.75 Å². The molecule has 138 valence electrons. The van der Waals surface area contributed by atoms with Crippen molar-refractivity contribution in [1.82, 2.24) is 5.32 Å². The van der Waals surface area contributed by atoms with E-state index in [1.165, 1.54) is 12.1 Å². The predicted octanol–water partition coefficient (Wildman–Crippen LogP) is 3.02. The van der Waals surface area contributed by atoms with Crippen LogP contribution in [-0.4, -0.2) is 25.1 Å². The minimum atomic E-state index is -0.451. The van der Waals surface area contributed by atoms with Crippen molar-refractivity contribution in [2.45, 2.75) is 26.3 Å². The average molecular weight is 359 g/mol. The van der Waals surface area contributed by atoms with E-state index in [9.17, 15) is 14.0 Å². The van der Waals surface area contributed by atoms with Crippen molar-refractivity contribution in [3.05, 3.63) is 65.5 Å². The number of aryl methyl sites for hydroxylation is 1. The topological polar surface area (TPSA) is 64.6 Å². The summed E-state index contributed by atoms with van der Waals surface area (Å²) in [4.78, 5) is 23.5. The van der Waals surface area contributed by atoms with Crippen molar-refractivity contribution >= 4 is 11.9 Å². The molecule has 26 heavy (non-hydrogen) atoms. The van der Waals surface area contributed by atoms with Gasteiger partial charge in [0.25, 0.3) is 5.91 Å². The van der Waals surface area contributed by atoms with Gasteiger partial charge in [0.2, 0.25) is 0 Å². The van der Waals surface area contributed by atoms with Gasteiger partial charge in [0.1, 0.15) is 11.6 Å². The smallest absolute Gasteiger partial charge is 0.306 e. The number of benzene rings is 2. The molecule has 0 saturated carbocycles. The fourth-order valence-electron chi connectivity index (χ4n) is 2.32. The van der Waals surface area contributed by atoms with E-state index in [2.05, 4.69) is 5.32 Å². The molecule has 0 unspecified atom stereocenters. The Labute approximate surface area is 152 Å². The van der Waals surface area contributed by atoms with Gasteiger partial charge < -0.3 is 14.8 Å². The molecule has 2 rings (SSSR count). The summed E-state index contributed by atoms with van der Waals surface area (Å²) in [7, 11) is 0. The lowest BCUT2D eigenvalue weighted by atomic mass is 10.1. The van der Waals surface area contributed by atoms with Gasteiger partial charge in [0, 0.05) is 13.0 Å². The highest BCUT2D eigenvalue weighted by Gasteiger charge is 2.10. The van der Waals surface area contributed by atoms with Crippen LogP contribution >= 0.6 is 0 Å². The Bertz CT molecular complexity index is 731. The first-order valence-corrected chi connectivity index (χ1v) is 8.46. The first kappa shape index (κ1) is 19.4. The minimum absolute atomic E-state index is 0.162. The first-order valence-electron chi connectivity index (χ1n) is 8.46.